The van der Waals surface area contributed by atoms with Gasteiger partial charge in [0.25, 0.3) is 11.5 Å². The van der Waals surface area contributed by atoms with Crippen LogP contribution in [0.5, 0.6) is 0 Å². The number of nitrogens with zero attached hydrogens (tertiary/aromatic N) is 4. The fourth-order valence-corrected chi connectivity index (χ4v) is 5.94. The van der Waals surface area contributed by atoms with Crippen LogP contribution in [-0.4, -0.2) is 70.0 Å². The number of hydrogen-bond acceptors (Lipinski definition) is 7. The minimum absolute atomic E-state index is 0.144. The predicted molar refractivity (Wildman–Crippen MR) is 149 cm³/mol. The first-order chi connectivity index (χ1) is 17.4. The average molecular weight is 529 g/mol. The van der Waals surface area contributed by atoms with Crippen LogP contribution < -0.4 is 10.5 Å². The maximum atomic E-state index is 13.6. The Balaban J connectivity index is 1.74. The normalized spacial score (nSPS) is 17.5. The second kappa shape index (κ2) is 11.5. The van der Waals surface area contributed by atoms with Gasteiger partial charge in [0.1, 0.15) is 4.32 Å². The number of rotatable bonds is 7. The molecule has 0 aliphatic carbocycles. The molecule has 2 aliphatic heterocycles. The topological polar surface area (TPSA) is 75.1 Å². The third-order valence-corrected chi connectivity index (χ3v) is 7.94. The monoisotopic (exact) mass is 528 g/mol. The number of hydrogen-bond donors (Lipinski definition) is 0. The summed E-state index contributed by atoms with van der Waals surface area (Å²) in [4.78, 5) is 45.0. The number of carbonyl (C=O) groups is 2. The van der Waals surface area contributed by atoms with Gasteiger partial charge in [-0.25, -0.2) is 4.79 Å². The van der Waals surface area contributed by atoms with E-state index >= 15 is 0 Å². The van der Waals surface area contributed by atoms with Gasteiger partial charge in [-0.05, 0) is 25.5 Å². The molecule has 2 amide bonds. The van der Waals surface area contributed by atoms with Crippen molar-refractivity contribution in [2.24, 2.45) is 7.05 Å². The Morgan fingerprint density at radius 1 is 1.11 bits per heavy atom. The van der Waals surface area contributed by atoms with Gasteiger partial charge in [-0.15, -0.1) is 0 Å². The lowest BCUT2D eigenvalue weighted by molar-refractivity contribution is -0.122. The zero-order valence-corrected chi connectivity index (χ0v) is 22.6. The smallest absolute Gasteiger partial charge is 0.409 e. The van der Waals surface area contributed by atoms with Crippen LogP contribution >= 0.6 is 24.0 Å². The molecule has 10 heteroatoms. The fourth-order valence-electron chi connectivity index (χ4n) is 4.64. The molecule has 0 atom stereocenters. The molecule has 0 spiro atoms. The minimum atomic E-state index is -0.321. The third kappa shape index (κ3) is 5.15. The summed E-state index contributed by atoms with van der Waals surface area (Å²) in [5, 5.41) is 0.925. The maximum absolute atomic E-state index is 13.6. The lowest BCUT2D eigenvalue weighted by atomic mass is 10.1. The van der Waals surface area contributed by atoms with Crippen LogP contribution in [-0.2, 0) is 16.6 Å². The first-order valence-electron chi connectivity index (χ1n) is 12.4. The van der Waals surface area contributed by atoms with E-state index in [4.69, 9.17) is 17.0 Å². The number of piperazine rings is 1. The highest BCUT2D eigenvalue weighted by Gasteiger charge is 2.33. The van der Waals surface area contributed by atoms with Gasteiger partial charge in [0.05, 0.1) is 28.3 Å². The van der Waals surface area contributed by atoms with E-state index in [1.165, 1.54) is 11.8 Å². The van der Waals surface area contributed by atoms with Crippen molar-refractivity contribution in [3.05, 3.63) is 45.1 Å². The van der Waals surface area contributed by atoms with Crippen molar-refractivity contribution in [3.8, 4) is 0 Å². The van der Waals surface area contributed by atoms with E-state index < -0.39 is 0 Å². The SMILES string of the molecule is CCCCCN1C(=O)C(=Cc2c(N3CCN(C(=O)OCC)CC3)c3ccccc3n(C)c2=O)SC1=S. The second-order valence-corrected chi connectivity index (χ2v) is 10.5. The number of fused-ring (bicyclic) bond motifs is 1. The largest absolute Gasteiger partial charge is 0.450 e. The van der Waals surface area contributed by atoms with E-state index in [-0.39, 0.29) is 17.6 Å². The van der Waals surface area contributed by atoms with Gasteiger partial charge in [-0.1, -0.05) is 61.9 Å². The Hall–Kier alpha value is -2.85. The molecule has 0 unspecified atom stereocenters. The standard InChI is InChI=1S/C26H32N4O4S2/c1-4-6-9-12-30-24(32)21(36-26(30)35)17-19-22(18-10-7-8-11-20(18)27(3)23(19)31)28-13-15-29(16-14-28)25(33)34-5-2/h7-8,10-11,17H,4-6,9,12-16H2,1-3H3. The average Bonchev–Trinajstić information content (AvgIpc) is 3.15. The molecule has 8 nitrogen and oxygen atoms in total. The lowest BCUT2D eigenvalue weighted by Crippen LogP contribution is -2.49. The number of aryl methyl sites for hydroxylation is 1. The van der Waals surface area contributed by atoms with Gasteiger partial charge in [0, 0.05) is 45.2 Å². The molecule has 0 saturated carbocycles. The number of thioether (sulfide) groups is 1. The number of unbranched alkanes of at least 4 members (excludes halogenated alkanes) is 2. The van der Waals surface area contributed by atoms with Crippen molar-refractivity contribution >= 4 is 63.0 Å². The lowest BCUT2D eigenvalue weighted by Gasteiger charge is -2.36. The van der Waals surface area contributed by atoms with Crippen LogP contribution in [0.4, 0.5) is 10.5 Å². The Kier molecular flexibility index (Phi) is 8.35. The number of thiocarbonyl (C=S) groups is 1. The molecule has 2 aromatic rings. The van der Waals surface area contributed by atoms with Gasteiger partial charge in [0.15, 0.2) is 0 Å². The van der Waals surface area contributed by atoms with Crippen molar-refractivity contribution in [2.75, 3.05) is 44.2 Å². The zero-order valence-electron chi connectivity index (χ0n) is 21.0. The summed E-state index contributed by atoms with van der Waals surface area (Å²) >= 11 is 6.75. The van der Waals surface area contributed by atoms with Crippen molar-refractivity contribution in [2.45, 2.75) is 33.1 Å². The van der Waals surface area contributed by atoms with Gasteiger partial charge < -0.3 is 19.1 Å². The Labute approximate surface area is 220 Å². The summed E-state index contributed by atoms with van der Waals surface area (Å²) in [6, 6.07) is 7.77. The first-order valence-corrected chi connectivity index (χ1v) is 13.6. The zero-order chi connectivity index (χ0) is 25.8. The number of para-hydroxylation sites is 1. The van der Waals surface area contributed by atoms with Gasteiger partial charge in [-0.3, -0.25) is 14.5 Å². The minimum Gasteiger partial charge on any atom is -0.450 e. The first kappa shape index (κ1) is 26.2. The molecule has 0 bridgehead atoms. The van der Waals surface area contributed by atoms with Crippen molar-refractivity contribution in [3.63, 3.8) is 0 Å². The molecule has 192 valence electrons. The molecule has 0 N–H and O–H groups in total. The van der Waals surface area contributed by atoms with Crippen molar-refractivity contribution in [1.82, 2.24) is 14.4 Å². The highest BCUT2D eigenvalue weighted by atomic mass is 32.2. The number of aromatic nitrogens is 1. The second-order valence-electron chi connectivity index (χ2n) is 8.86. The van der Waals surface area contributed by atoms with E-state index in [1.54, 1.807) is 34.4 Å². The summed E-state index contributed by atoms with van der Waals surface area (Å²) in [6.07, 6.45) is 4.37. The Morgan fingerprint density at radius 2 is 1.83 bits per heavy atom. The maximum Gasteiger partial charge on any atom is 0.409 e. The number of amides is 2. The van der Waals surface area contributed by atoms with Crippen LogP contribution in [0.15, 0.2) is 34.0 Å². The molecule has 3 heterocycles. The number of anilines is 1. The van der Waals surface area contributed by atoms with Crippen LogP contribution in [0.25, 0.3) is 17.0 Å². The molecule has 1 aromatic heterocycles. The highest BCUT2D eigenvalue weighted by Crippen LogP contribution is 2.36. The van der Waals surface area contributed by atoms with Gasteiger partial charge >= 0.3 is 6.09 Å². The fraction of sp³-hybridized carbons (Fsp3) is 0.462. The summed E-state index contributed by atoms with van der Waals surface area (Å²) in [7, 11) is 1.75. The predicted octanol–water partition coefficient (Wildman–Crippen LogP) is 4.21. The molecule has 2 saturated heterocycles. The molecule has 36 heavy (non-hydrogen) atoms. The summed E-state index contributed by atoms with van der Waals surface area (Å²) in [6.45, 7) is 6.91. The van der Waals surface area contributed by atoms with Crippen LogP contribution in [0.3, 0.4) is 0 Å². The van der Waals surface area contributed by atoms with Gasteiger partial charge in [0.2, 0.25) is 0 Å². The van der Waals surface area contributed by atoms with Crippen molar-refractivity contribution in [1.29, 1.82) is 0 Å². The number of pyridine rings is 1. The highest BCUT2D eigenvalue weighted by molar-refractivity contribution is 8.26. The number of ether oxygens (including phenoxy) is 1. The molecular weight excluding hydrogens is 496 g/mol. The van der Waals surface area contributed by atoms with E-state index in [9.17, 15) is 14.4 Å². The van der Waals surface area contributed by atoms with Crippen LogP contribution in [0.1, 0.15) is 38.7 Å². The summed E-state index contributed by atoms with van der Waals surface area (Å²) in [5.41, 5.74) is 1.89. The summed E-state index contributed by atoms with van der Waals surface area (Å²) < 4.78 is 7.31. The molecular formula is C26H32N4O4S2. The van der Waals surface area contributed by atoms with E-state index in [1.807, 2.05) is 24.3 Å². The van der Waals surface area contributed by atoms with E-state index in [0.29, 0.717) is 54.1 Å². The van der Waals surface area contributed by atoms with Crippen LogP contribution in [0.2, 0.25) is 0 Å². The molecule has 1 aromatic carbocycles. The Morgan fingerprint density at radius 3 is 2.53 bits per heavy atom. The number of carbonyl (C=O) groups excluding carboxylic acids is 2. The summed E-state index contributed by atoms with van der Waals surface area (Å²) in [5.74, 6) is -0.144. The van der Waals surface area contributed by atoms with Crippen LogP contribution in [0, 0.1) is 0 Å². The molecule has 4 rings (SSSR count). The van der Waals surface area contributed by atoms with Crippen molar-refractivity contribution < 1.29 is 14.3 Å². The molecule has 0 radical (unpaired) electrons. The van der Waals surface area contributed by atoms with E-state index in [2.05, 4.69) is 11.8 Å². The van der Waals surface area contributed by atoms with E-state index in [0.717, 1.165) is 35.9 Å². The molecule has 2 fully saturated rings. The number of benzene rings is 1. The third-order valence-electron chi connectivity index (χ3n) is 6.57. The Bertz CT molecular complexity index is 1260. The molecule has 2 aliphatic rings. The quantitative estimate of drug-likeness (QED) is 0.303. The van der Waals surface area contributed by atoms with Gasteiger partial charge in [-0.2, -0.15) is 0 Å².